The standard InChI is InChI=1S/C38H46N12O4/c1-9-48-30(18-22(3)44-48)34(53)42-36-41-26-20-25(33(52)40-7)13-14-27(26)50(36)38(5,6)16-11-17-47-28-15-12-24(32(39)51)21-29(28)46(8)37(47)43-35(54)31-19-23(4)45-49(31)10-2/h12-15,18-21H,9-11,16-17H2,1-8H3,(H2,39,51)(H,40,52)(H,41,42,53). The fourth-order valence-electron chi connectivity index (χ4n) is 7.01. The molecule has 0 aliphatic rings. The second-order valence-electron chi connectivity index (χ2n) is 13.9. The van der Waals surface area contributed by atoms with Crippen molar-refractivity contribution in [2.45, 2.75) is 79.6 Å². The number of nitrogens with zero attached hydrogens (tertiary/aromatic N) is 9. The molecule has 282 valence electrons. The Bertz CT molecular complexity index is 2520. The molecule has 0 spiro atoms. The molecule has 4 aromatic heterocycles. The third-order valence-electron chi connectivity index (χ3n) is 9.65. The Morgan fingerprint density at radius 1 is 0.833 bits per heavy atom. The number of benzene rings is 2. The molecule has 0 radical (unpaired) electrons. The number of imidazole rings is 2. The molecule has 6 aromatic rings. The van der Waals surface area contributed by atoms with Gasteiger partial charge in [0.2, 0.25) is 17.5 Å². The highest BCUT2D eigenvalue weighted by Gasteiger charge is 2.29. The van der Waals surface area contributed by atoms with Crippen molar-refractivity contribution in [3.8, 4) is 0 Å². The Morgan fingerprint density at radius 3 is 2.11 bits per heavy atom. The van der Waals surface area contributed by atoms with Crippen LogP contribution < -0.4 is 22.0 Å². The van der Waals surface area contributed by atoms with E-state index in [-0.39, 0.29) is 11.8 Å². The Morgan fingerprint density at radius 2 is 1.46 bits per heavy atom. The van der Waals surface area contributed by atoms with E-state index in [4.69, 9.17) is 10.7 Å². The first-order chi connectivity index (χ1) is 25.7. The summed E-state index contributed by atoms with van der Waals surface area (Å²) >= 11 is 0. The van der Waals surface area contributed by atoms with E-state index in [0.29, 0.717) is 83.3 Å². The van der Waals surface area contributed by atoms with Crippen molar-refractivity contribution in [1.82, 2.24) is 43.6 Å². The highest BCUT2D eigenvalue weighted by molar-refractivity contribution is 6.04. The topological polar surface area (TPSA) is 194 Å². The fraction of sp³-hybridized carbons (Fsp3) is 0.368. The molecule has 0 saturated heterocycles. The summed E-state index contributed by atoms with van der Waals surface area (Å²) in [6, 6.07) is 13.9. The zero-order valence-corrected chi connectivity index (χ0v) is 31.9. The van der Waals surface area contributed by atoms with Crippen LogP contribution in [-0.4, -0.2) is 68.9 Å². The van der Waals surface area contributed by atoms with Crippen molar-refractivity contribution in [1.29, 1.82) is 0 Å². The molecule has 0 unspecified atom stereocenters. The summed E-state index contributed by atoms with van der Waals surface area (Å²) in [6.45, 7) is 13.1. The molecule has 16 heteroatoms. The highest BCUT2D eigenvalue weighted by atomic mass is 16.2. The molecule has 54 heavy (non-hydrogen) atoms. The Labute approximate surface area is 311 Å². The number of hydrogen-bond donors (Lipinski definition) is 3. The third-order valence-corrected chi connectivity index (χ3v) is 9.65. The summed E-state index contributed by atoms with van der Waals surface area (Å²) < 4.78 is 9.01. The molecule has 4 heterocycles. The molecule has 4 N–H and O–H groups in total. The monoisotopic (exact) mass is 734 g/mol. The van der Waals surface area contributed by atoms with E-state index < -0.39 is 17.4 Å². The number of carbonyl (C=O) groups excluding carboxylic acids is 4. The average Bonchev–Trinajstić information content (AvgIpc) is 3.89. The van der Waals surface area contributed by atoms with Crippen LogP contribution in [0.15, 0.2) is 53.5 Å². The minimum absolute atomic E-state index is 0.248. The lowest BCUT2D eigenvalue weighted by Crippen LogP contribution is -2.31. The van der Waals surface area contributed by atoms with Crippen LogP contribution in [0.1, 0.15) is 93.6 Å². The molecular weight excluding hydrogens is 688 g/mol. The lowest BCUT2D eigenvalue weighted by atomic mass is 9.97. The zero-order valence-electron chi connectivity index (χ0n) is 31.9. The quantitative estimate of drug-likeness (QED) is 0.169. The number of nitrogens with two attached hydrogens (primary N) is 1. The van der Waals surface area contributed by atoms with Crippen LogP contribution in [0.5, 0.6) is 0 Å². The summed E-state index contributed by atoms with van der Waals surface area (Å²) in [5.41, 5.74) is 11.2. The van der Waals surface area contributed by atoms with E-state index >= 15 is 0 Å². The van der Waals surface area contributed by atoms with Gasteiger partial charge in [-0.2, -0.15) is 15.2 Å². The maximum absolute atomic E-state index is 13.7. The molecule has 0 aliphatic heterocycles. The van der Waals surface area contributed by atoms with E-state index in [9.17, 15) is 19.2 Å². The van der Waals surface area contributed by atoms with Gasteiger partial charge in [0.25, 0.3) is 17.7 Å². The maximum Gasteiger partial charge on any atom is 0.298 e. The normalized spacial score (nSPS) is 12.2. The SMILES string of the molecule is CCn1nc(C)cc1C(=O)N=c1n(C)c2cc(C(N)=O)ccc2n1CCCC(C)(C)n1c(NC(=O)c2cc(C)nn2CC)nc2cc(C(=O)NC)ccc21. The average molecular weight is 735 g/mol. The molecule has 0 saturated carbocycles. The minimum atomic E-state index is -0.616. The Balaban J connectivity index is 1.39. The van der Waals surface area contributed by atoms with Crippen molar-refractivity contribution in [3.63, 3.8) is 0 Å². The number of primary amides is 1. The lowest BCUT2D eigenvalue weighted by Gasteiger charge is -2.29. The van der Waals surface area contributed by atoms with Crippen LogP contribution in [0.4, 0.5) is 5.95 Å². The van der Waals surface area contributed by atoms with Gasteiger partial charge in [-0.05, 0) is 103 Å². The maximum atomic E-state index is 13.7. The fourth-order valence-corrected chi connectivity index (χ4v) is 7.01. The van der Waals surface area contributed by atoms with Gasteiger partial charge in [0.1, 0.15) is 11.4 Å². The van der Waals surface area contributed by atoms with Crippen molar-refractivity contribution < 1.29 is 19.2 Å². The van der Waals surface area contributed by atoms with Crippen LogP contribution in [0.25, 0.3) is 22.1 Å². The summed E-state index contributed by atoms with van der Waals surface area (Å²) in [5, 5.41) is 14.5. The molecule has 6 rings (SSSR count). The number of rotatable bonds is 12. The largest absolute Gasteiger partial charge is 0.366 e. The van der Waals surface area contributed by atoms with Crippen molar-refractivity contribution in [3.05, 3.63) is 88.1 Å². The Hall–Kier alpha value is -6.32. The number of carbonyl (C=O) groups is 4. The van der Waals surface area contributed by atoms with Gasteiger partial charge in [0, 0.05) is 50.4 Å². The molecule has 0 fully saturated rings. The molecule has 2 aromatic carbocycles. The summed E-state index contributed by atoms with van der Waals surface area (Å²) in [7, 11) is 3.37. The smallest absolute Gasteiger partial charge is 0.298 e. The van der Waals surface area contributed by atoms with Gasteiger partial charge in [-0.25, -0.2) is 4.98 Å². The van der Waals surface area contributed by atoms with Gasteiger partial charge in [-0.15, -0.1) is 0 Å². The van der Waals surface area contributed by atoms with Crippen molar-refractivity contribution in [2.75, 3.05) is 12.4 Å². The second-order valence-corrected chi connectivity index (χ2v) is 13.9. The van der Waals surface area contributed by atoms with Crippen LogP contribution in [0.2, 0.25) is 0 Å². The first-order valence-electron chi connectivity index (χ1n) is 17.9. The van der Waals surface area contributed by atoms with Crippen molar-refractivity contribution >= 4 is 51.6 Å². The zero-order chi connectivity index (χ0) is 39.1. The van der Waals surface area contributed by atoms with E-state index in [1.54, 1.807) is 64.4 Å². The van der Waals surface area contributed by atoms with Gasteiger partial charge in [0.15, 0.2) is 0 Å². The molecule has 0 atom stereocenters. The number of nitrogens with one attached hydrogen (secondary N) is 2. The number of amides is 4. The van der Waals surface area contributed by atoms with Crippen molar-refractivity contribution in [2.24, 2.45) is 17.8 Å². The van der Waals surface area contributed by atoms with E-state index in [1.165, 1.54) is 0 Å². The number of hydrogen-bond acceptors (Lipinski definition) is 7. The summed E-state index contributed by atoms with van der Waals surface area (Å²) in [6.07, 6.45) is 1.21. The minimum Gasteiger partial charge on any atom is -0.366 e. The number of anilines is 1. The first-order valence-corrected chi connectivity index (χ1v) is 17.9. The molecule has 16 nitrogen and oxygen atoms in total. The third kappa shape index (κ3) is 6.93. The van der Waals surface area contributed by atoms with Crippen LogP contribution in [-0.2, 0) is 32.2 Å². The van der Waals surface area contributed by atoms with Gasteiger partial charge >= 0.3 is 0 Å². The highest BCUT2D eigenvalue weighted by Crippen LogP contribution is 2.33. The predicted molar refractivity (Wildman–Crippen MR) is 204 cm³/mol. The van der Waals surface area contributed by atoms with E-state index in [0.717, 1.165) is 16.7 Å². The van der Waals surface area contributed by atoms with Gasteiger partial charge < -0.3 is 24.8 Å². The van der Waals surface area contributed by atoms with Crippen LogP contribution >= 0.6 is 0 Å². The number of aromatic nitrogens is 8. The second kappa shape index (κ2) is 14.6. The number of fused-ring (bicyclic) bond motifs is 2. The van der Waals surface area contributed by atoms with Gasteiger partial charge in [0.05, 0.1) is 33.5 Å². The van der Waals surface area contributed by atoms with Gasteiger partial charge in [-0.3, -0.25) is 33.9 Å². The van der Waals surface area contributed by atoms with E-state index in [1.807, 2.05) is 49.0 Å². The van der Waals surface area contributed by atoms with E-state index in [2.05, 4.69) is 39.7 Å². The molecule has 0 aliphatic carbocycles. The molecule has 0 bridgehead atoms. The lowest BCUT2D eigenvalue weighted by molar-refractivity contribution is 0.0959. The predicted octanol–water partition coefficient (Wildman–Crippen LogP) is 4.05. The van der Waals surface area contributed by atoms with Gasteiger partial charge in [-0.1, -0.05) is 0 Å². The molecular formula is C38H46N12O4. The number of aryl methyl sites for hydroxylation is 6. The summed E-state index contributed by atoms with van der Waals surface area (Å²) in [4.78, 5) is 61.4. The summed E-state index contributed by atoms with van der Waals surface area (Å²) in [5.74, 6) is -1.27. The Kier molecular flexibility index (Phi) is 10.1. The first kappa shape index (κ1) is 37.4. The molecule has 4 amide bonds. The van der Waals surface area contributed by atoms with Crippen LogP contribution in [0, 0.1) is 13.8 Å². The van der Waals surface area contributed by atoms with Crippen LogP contribution in [0.3, 0.4) is 0 Å².